The third-order valence-electron chi connectivity index (χ3n) is 2.26. The Bertz CT molecular complexity index is 398. The average Bonchev–Trinajstić information content (AvgIpc) is 2.30. The van der Waals surface area contributed by atoms with E-state index in [1.54, 1.807) is 11.8 Å². The van der Waals surface area contributed by atoms with E-state index in [4.69, 9.17) is 5.73 Å². The van der Waals surface area contributed by atoms with Crippen LogP contribution in [0.1, 0.15) is 18.9 Å². The van der Waals surface area contributed by atoms with E-state index in [2.05, 4.69) is 29.3 Å². The lowest BCUT2D eigenvalue weighted by Crippen LogP contribution is -2.25. The Kier molecular flexibility index (Phi) is 3.06. The topological polar surface area (TPSA) is 50.7 Å². The van der Waals surface area contributed by atoms with Gasteiger partial charge in [-0.2, -0.15) is 5.10 Å². The van der Waals surface area contributed by atoms with E-state index in [0.717, 1.165) is 17.7 Å². The third kappa shape index (κ3) is 2.21. The van der Waals surface area contributed by atoms with Gasteiger partial charge in [0.25, 0.3) is 0 Å². The number of benzene rings is 1. The Labute approximate surface area is 93.5 Å². The second-order valence-electron chi connectivity index (χ2n) is 3.30. The van der Waals surface area contributed by atoms with Crippen LogP contribution in [0.15, 0.2) is 40.5 Å². The van der Waals surface area contributed by atoms with E-state index < -0.39 is 0 Å². The molecular weight excluding hydrogens is 206 g/mol. The van der Waals surface area contributed by atoms with E-state index in [1.807, 2.05) is 18.2 Å². The van der Waals surface area contributed by atoms with Gasteiger partial charge in [0.15, 0.2) is 5.17 Å². The van der Waals surface area contributed by atoms with Gasteiger partial charge in [0.1, 0.15) is 0 Å². The Morgan fingerprint density at radius 2 is 2.00 bits per heavy atom. The Morgan fingerprint density at radius 1 is 1.27 bits per heavy atom. The van der Waals surface area contributed by atoms with Crippen molar-refractivity contribution in [1.82, 2.24) is 0 Å². The molecule has 1 heterocycles. The van der Waals surface area contributed by atoms with Gasteiger partial charge in [-0.3, -0.25) is 0 Å². The molecule has 0 saturated heterocycles. The highest BCUT2D eigenvalue weighted by molar-refractivity contribution is 8.15. The van der Waals surface area contributed by atoms with E-state index in [1.165, 1.54) is 0 Å². The fraction of sp³-hybridized carbons (Fsp3) is 0.273. The van der Waals surface area contributed by atoms with Gasteiger partial charge in [0.2, 0.25) is 0 Å². The Balaban J connectivity index is 2.35. The number of rotatable bonds is 2. The van der Waals surface area contributed by atoms with Crippen molar-refractivity contribution in [3.63, 3.8) is 0 Å². The van der Waals surface area contributed by atoms with Crippen LogP contribution in [-0.4, -0.2) is 16.1 Å². The van der Waals surface area contributed by atoms with Crippen molar-refractivity contribution in [2.24, 2.45) is 15.9 Å². The van der Waals surface area contributed by atoms with Gasteiger partial charge in [-0.1, -0.05) is 49.0 Å². The molecule has 0 radical (unpaired) electrons. The molecule has 2 rings (SSSR count). The highest BCUT2D eigenvalue weighted by atomic mass is 32.2. The predicted molar refractivity (Wildman–Crippen MR) is 66.3 cm³/mol. The highest BCUT2D eigenvalue weighted by Crippen LogP contribution is 2.24. The molecule has 3 nitrogen and oxygen atoms in total. The van der Waals surface area contributed by atoms with Crippen LogP contribution in [0.5, 0.6) is 0 Å². The molecule has 0 bridgehead atoms. The molecular formula is C11H13N3S. The van der Waals surface area contributed by atoms with Crippen molar-refractivity contribution in [2.75, 3.05) is 0 Å². The summed E-state index contributed by atoms with van der Waals surface area (Å²) in [5, 5.41) is 9.00. The fourth-order valence-corrected chi connectivity index (χ4v) is 2.36. The van der Waals surface area contributed by atoms with E-state index in [0.29, 0.717) is 10.4 Å². The zero-order valence-corrected chi connectivity index (χ0v) is 9.37. The van der Waals surface area contributed by atoms with Crippen molar-refractivity contribution >= 4 is 22.6 Å². The zero-order chi connectivity index (χ0) is 10.7. The van der Waals surface area contributed by atoms with Crippen molar-refractivity contribution in [2.45, 2.75) is 18.6 Å². The number of amidine groups is 1. The highest BCUT2D eigenvalue weighted by Gasteiger charge is 2.21. The molecule has 1 aliphatic heterocycles. The monoisotopic (exact) mass is 219 g/mol. The standard InChI is InChI=1S/C11H13N3S/c1-2-9-10(13-14-11(12)15-9)8-6-4-3-5-7-8/h3-7,9H,2H2,1H3,(H2,12,14). The molecule has 0 spiro atoms. The van der Waals surface area contributed by atoms with E-state index in [-0.39, 0.29) is 0 Å². The quantitative estimate of drug-likeness (QED) is 0.829. The summed E-state index contributed by atoms with van der Waals surface area (Å²) in [5.74, 6) is 0. The van der Waals surface area contributed by atoms with Crippen LogP contribution >= 0.6 is 11.8 Å². The first kappa shape index (κ1) is 10.2. The molecule has 1 aliphatic rings. The number of hydrogen-bond acceptors (Lipinski definition) is 4. The second kappa shape index (κ2) is 4.49. The normalized spacial score (nSPS) is 20.7. The van der Waals surface area contributed by atoms with Gasteiger partial charge in [-0.05, 0) is 12.0 Å². The molecule has 4 heteroatoms. The maximum atomic E-state index is 5.65. The zero-order valence-electron chi connectivity index (χ0n) is 8.55. The fourth-order valence-electron chi connectivity index (χ4n) is 1.52. The van der Waals surface area contributed by atoms with Gasteiger partial charge in [-0.15, -0.1) is 5.10 Å². The first-order valence-electron chi connectivity index (χ1n) is 4.94. The van der Waals surface area contributed by atoms with Crippen LogP contribution in [0.4, 0.5) is 0 Å². The lowest BCUT2D eigenvalue weighted by molar-refractivity contribution is 0.995. The lowest BCUT2D eigenvalue weighted by Gasteiger charge is -2.19. The van der Waals surface area contributed by atoms with Crippen molar-refractivity contribution in [3.05, 3.63) is 35.9 Å². The summed E-state index contributed by atoms with van der Waals surface area (Å²) in [6.45, 7) is 2.13. The molecule has 15 heavy (non-hydrogen) atoms. The predicted octanol–water partition coefficient (Wildman–Crippen LogP) is 2.23. The number of nitrogens with two attached hydrogens (primary N) is 1. The van der Waals surface area contributed by atoms with Crippen LogP contribution in [0.25, 0.3) is 0 Å². The molecule has 0 aromatic heterocycles. The van der Waals surface area contributed by atoms with Crippen LogP contribution in [0.2, 0.25) is 0 Å². The molecule has 0 amide bonds. The molecule has 78 valence electrons. The van der Waals surface area contributed by atoms with Crippen LogP contribution in [0, 0.1) is 0 Å². The molecule has 1 aromatic rings. The Hall–Kier alpha value is -1.29. The van der Waals surface area contributed by atoms with Gasteiger partial charge < -0.3 is 5.73 Å². The molecule has 1 unspecified atom stereocenters. The SMILES string of the molecule is CCC1SC(N)=NN=C1c1ccccc1. The van der Waals surface area contributed by atoms with Crippen LogP contribution in [-0.2, 0) is 0 Å². The lowest BCUT2D eigenvalue weighted by atomic mass is 10.1. The third-order valence-corrected chi connectivity index (χ3v) is 3.43. The molecule has 1 aromatic carbocycles. The van der Waals surface area contributed by atoms with Crippen molar-refractivity contribution in [1.29, 1.82) is 0 Å². The number of nitrogens with zero attached hydrogens (tertiary/aromatic N) is 2. The minimum Gasteiger partial charge on any atom is -0.377 e. The number of thioether (sulfide) groups is 1. The smallest absolute Gasteiger partial charge is 0.181 e. The van der Waals surface area contributed by atoms with Gasteiger partial charge in [0, 0.05) is 0 Å². The summed E-state index contributed by atoms with van der Waals surface area (Å²) in [5.41, 5.74) is 7.80. The summed E-state index contributed by atoms with van der Waals surface area (Å²) < 4.78 is 0. The van der Waals surface area contributed by atoms with Crippen molar-refractivity contribution in [3.8, 4) is 0 Å². The van der Waals surface area contributed by atoms with Gasteiger partial charge in [-0.25, -0.2) is 0 Å². The summed E-state index contributed by atoms with van der Waals surface area (Å²) in [4.78, 5) is 0. The molecule has 0 aliphatic carbocycles. The molecule has 2 N–H and O–H groups in total. The molecule has 1 atom stereocenters. The minimum atomic E-state index is 0.324. The van der Waals surface area contributed by atoms with Gasteiger partial charge in [0.05, 0.1) is 11.0 Å². The Morgan fingerprint density at radius 3 is 2.67 bits per heavy atom. The van der Waals surface area contributed by atoms with Crippen LogP contribution in [0.3, 0.4) is 0 Å². The van der Waals surface area contributed by atoms with E-state index >= 15 is 0 Å². The average molecular weight is 219 g/mol. The van der Waals surface area contributed by atoms with Crippen LogP contribution < -0.4 is 5.73 Å². The largest absolute Gasteiger partial charge is 0.377 e. The van der Waals surface area contributed by atoms with Crippen molar-refractivity contribution < 1.29 is 0 Å². The number of hydrogen-bond donors (Lipinski definition) is 1. The summed E-state index contributed by atoms with van der Waals surface area (Å²) >= 11 is 1.59. The maximum Gasteiger partial charge on any atom is 0.181 e. The van der Waals surface area contributed by atoms with Gasteiger partial charge >= 0.3 is 0 Å². The summed E-state index contributed by atoms with van der Waals surface area (Å²) in [7, 11) is 0. The molecule has 0 fully saturated rings. The first-order valence-corrected chi connectivity index (χ1v) is 5.82. The maximum absolute atomic E-state index is 5.65. The molecule has 0 saturated carbocycles. The second-order valence-corrected chi connectivity index (χ2v) is 4.53. The summed E-state index contributed by atoms with van der Waals surface area (Å²) in [6, 6.07) is 10.1. The minimum absolute atomic E-state index is 0.324. The summed E-state index contributed by atoms with van der Waals surface area (Å²) in [6.07, 6.45) is 1.01. The first-order chi connectivity index (χ1) is 7.31. The van der Waals surface area contributed by atoms with E-state index in [9.17, 15) is 0 Å².